The first-order valence-electron chi connectivity index (χ1n) is 8.89. The van der Waals surface area contributed by atoms with Crippen molar-refractivity contribution in [2.45, 2.75) is 19.4 Å². The third-order valence-corrected chi connectivity index (χ3v) is 4.47. The van der Waals surface area contributed by atoms with Gasteiger partial charge >= 0.3 is 0 Å². The zero-order chi connectivity index (χ0) is 18.4. The van der Waals surface area contributed by atoms with Crippen molar-refractivity contribution in [2.24, 2.45) is 12.0 Å². The van der Waals surface area contributed by atoms with Crippen molar-refractivity contribution in [1.29, 1.82) is 0 Å². The highest BCUT2D eigenvalue weighted by Crippen LogP contribution is 2.21. The molecule has 0 spiro atoms. The molecule has 1 fully saturated rings. The van der Waals surface area contributed by atoms with E-state index in [1.165, 1.54) is 0 Å². The highest BCUT2D eigenvalue weighted by atomic mass is 35.5. The van der Waals surface area contributed by atoms with Crippen LogP contribution >= 0.6 is 11.6 Å². The summed E-state index contributed by atoms with van der Waals surface area (Å²) in [4.78, 5) is 11.2. The Labute approximate surface area is 159 Å². The number of nitrogens with zero attached hydrogens (tertiary/aromatic N) is 5. The summed E-state index contributed by atoms with van der Waals surface area (Å²) in [5.74, 6) is 0.923. The van der Waals surface area contributed by atoms with Gasteiger partial charge in [-0.05, 0) is 25.0 Å². The maximum absolute atomic E-state index is 5.92. The van der Waals surface area contributed by atoms with Crippen LogP contribution in [0.25, 0.3) is 0 Å². The van der Waals surface area contributed by atoms with E-state index in [0.29, 0.717) is 18.3 Å². The summed E-state index contributed by atoms with van der Waals surface area (Å²) in [7, 11) is 1.92. The maximum Gasteiger partial charge on any atom is 0.194 e. The molecule has 7 nitrogen and oxygen atoms in total. The smallest absolute Gasteiger partial charge is 0.194 e. The minimum atomic E-state index is 0.0155. The molecule has 1 saturated heterocycles. The Balaban J connectivity index is 1.63. The second-order valence-electron chi connectivity index (χ2n) is 6.23. The van der Waals surface area contributed by atoms with Gasteiger partial charge < -0.3 is 15.0 Å². The third-order valence-electron chi connectivity index (χ3n) is 4.25. The molecule has 0 amide bonds. The van der Waals surface area contributed by atoms with Crippen LogP contribution in [0, 0.1) is 0 Å². The van der Waals surface area contributed by atoms with Gasteiger partial charge in [0.05, 0.1) is 19.3 Å². The molecule has 0 radical (unpaired) electrons. The normalized spacial score (nSPS) is 18.2. The predicted molar refractivity (Wildman–Crippen MR) is 102 cm³/mol. The van der Waals surface area contributed by atoms with Crippen molar-refractivity contribution in [1.82, 2.24) is 25.0 Å². The van der Waals surface area contributed by atoms with Gasteiger partial charge in [-0.3, -0.25) is 9.67 Å². The Kier molecular flexibility index (Phi) is 6.46. The molecule has 3 rings (SSSR count). The van der Waals surface area contributed by atoms with Gasteiger partial charge in [0.15, 0.2) is 5.96 Å². The standard InChI is InChI=1S/C18H25ClN6O/c1-3-20-18(21-7-6-14-4-5-17(19)22-10-14)25-8-9-26-16(13-25)15-11-23-24(2)12-15/h4-5,10-12,16H,3,6-9,13H2,1-2H3,(H,20,21). The number of aryl methyl sites for hydroxylation is 1. The number of nitrogens with one attached hydrogen (secondary N) is 1. The molecule has 2 aromatic rings. The van der Waals surface area contributed by atoms with Gasteiger partial charge in [0.25, 0.3) is 0 Å². The lowest BCUT2D eigenvalue weighted by Gasteiger charge is -2.34. The topological polar surface area (TPSA) is 67.6 Å². The van der Waals surface area contributed by atoms with E-state index in [1.807, 2.05) is 31.6 Å². The fourth-order valence-corrected chi connectivity index (χ4v) is 3.03. The molecule has 2 aromatic heterocycles. The van der Waals surface area contributed by atoms with Crippen LogP contribution in [-0.2, 0) is 18.2 Å². The second-order valence-corrected chi connectivity index (χ2v) is 6.61. The SMILES string of the molecule is CCNC(=NCCc1ccc(Cl)nc1)N1CCOC(c2cnn(C)c2)C1. The van der Waals surface area contributed by atoms with Crippen molar-refractivity contribution >= 4 is 17.6 Å². The minimum absolute atomic E-state index is 0.0155. The van der Waals surface area contributed by atoms with E-state index < -0.39 is 0 Å². The van der Waals surface area contributed by atoms with Crippen LogP contribution in [0.1, 0.15) is 24.2 Å². The number of guanidine groups is 1. The average Bonchev–Trinajstić information content (AvgIpc) is 3.09. The summed E-state index contributed by atoms with van der Waals surface area (Å²) >= 11 is 5.83. The first kappa shape index (κ1) is 18.7. The number of halogens is 1. The third kappa shape index (κ3) is 4.95. The van der Waals surface area contributed by atoms with E-state index in [-0.39, 0.29) is 6.10 Å². The molecule has 26 heavy (non-hydrogen) atoms. The molecule has 0 aliphatic carbocycles. The average molecular weight is 377 g/mol. The summed E-state index contributed by atoms with van der Waals surface area (Å²) < 4.78 is 7.72. The van der Waals surface area contributed by atoms with Crippen LogP contribution in [0.15, 0.2) is 35.7 Å². The zero-order valence-corrected chi connectivity index (χ0v) is 16.0. The van der Waals surface area contributed by atoms with Crippen molar-refractivity contribution in [3.05, 3.63) is 47.0 Å². The van der Waals surface area contributed by atoms with Crippen LogP contribution in [0.5, 0.6) is 0 Å². The van der Waals surface area contributed by atoms with Crippen LogP contribution in [-0.4, -0.2) is 58.4 Å². The molecule has 8 heteroatoms. The number of aromatic nitrogens is 3. The predicted octanol–water partition coefficient (Wildman–Crippen LogP) is 2.05. The number of ether oxygens (including phenoxy) is 1. The van der Waals surface area contributed by atoms with E-state index in [1.54, 1.807) is 10.9 Å². The quantitative estimate of drug-likeness (QED) is 0.491. The Bertz CT molecular complexity index is 730. The Morgan fingerprint density at radius 3 is 3.00 bits per heavy atom. The van der Waals surface area contributed by atoms with Gasteiger partial charge in [-0.2, -0.15) is 5.10 Å². The lowest BCUT2D eigenvalue weighted by atomic mass is 10.1. The summed E-state index contributed by atoms with van der Waals surface area (Å²) in [5, 5.41) is 8.15. The fourth-order valence-electron chi connectivity index (χ4n) is 2.92. The summed E-state index contributed by atoms with van der Waals surface area (Å²) in [6, 6.07) is 3.80. The first-order valence-corrected chi connectivity index (χ1v) is 9.27. The van der Waals surface area contributed by atoms with Crippen LogP contribution in [0.3, 0.4) is 0 Å². The van der Waals surface area contributed by atoms with Gasteiger partial charge in [-0.15, -0.1) is 0 Å². The summed E-state index contributed by atoms with van der Waals surface area (Å²) in [5.41, 5.74) is 2.23. The summed E-state index contributed by atoms with van der Waals surface area (Å²) in [6.07, 6.45) is 6.52. The van der Waals surface area contributed by atoms with Gasteiger partial charge in [-0.25, -0.2) is 4.98 Å². The van der Waals surface area contributed by atoms with Crippen molar-refractivity contribution < 1.29 is 4.74 Å². The molecule has 1 N–H and O–H groups in total. The number of hydrogen-bond donors (Lipinski definition) is 1. The van der Waals surface area contributed by atoms with Crippen LogP contribution in [0.4, 0.5) is 0 Å². The first-order chi connectivity index (χ1) is 12.7. The van der Waals surface area contributed by atoms with Crippen molar-refractivity contribution in [3.8, 4) is 0 Å². The van der Waals surface area contributed by atoms with Crippen molar-refractivity contribution in [2.75, 3.05) is 32.8 Å². The van der Waals surface area contributed by atoms with E-state index in [4.69, 9.17) is 21.3 Å². The van der Waals surface area contributed by atoms with E-state index in [0.717, 1.165) is 43.1 Å². The highest BCUT2D eigenvalue weighted by molar-refractivity contribution is 6.29. The van der Waals surface area contributed by atoms with Gasteiger partial charge in [0, 0.05) is 44.6 Å². The molecular weight excluding hydrogens is 352 g/mol. The van der Waals surface area contributed by atoms with Gasteiger partial charge in [0.2, 0.25) is 0 Å². The Morgan fingerprint density at radius 2 is 2.31 bits per heavy atom. The van der Waals surface area contributed by atoms with Crippen LogP contribution < -0.4 is 5.32 Å². The molecule has 1 aliphatic heterocycles. The Morgan fingerprint density at radius 1 is 1.42 bits per heavy atom. The zero-order valence-electron chi connectivity index (χ0n) is 15.2. The fraction of sp³-hybridized carbons (Fsp3) is 0.500. The molecule has 3 heterocycles. The largest absolute Gasteiger partial charge is 0.370 e. The molecule has 1 atom stereocenters. The van der Waals surface area contributed by atoms with E-state index >= 15 is 0 Å². The minimum Gasteiger partial charge on any atom is -0.370 e. The molecule has 140 valence electrons. The number of rotatable bonds is 5. The van der Waals surface area contributed by atoms with Gasteiger partial charge in [0.1, 0.15) is 11.3 Å². The van der Waals surface area contributed by atoms with E-state index in [9.17, 15) is 0 Å². The van der Waals surface area contributed by atoms with Crippen LogP contribution in [0.2, 0.25) is 5.15 Å². The van der Waals surface area contributed by atoms with Gasteiger partial charge in [-0.1, -0.05) is 17.7 Å². The number of hydrogen-bond acceptors (Lipinski definition) is 4. The molecule has 1 unspecified atom stereocenters. The second kappa shape index (κ2) is 9.00. The van der Waals surface area contributed by atoms with E-state index in [2.05, 4.69) is 27.2 Å². The summed E-state index contributed by atoms with van der Waals surface area (Å²) in [6.45, 7) is 5.87. The number of pyridine rings is 1. The monoisotopic (exact) mass is 376 g/mol. The highest BCUT2D eigenvalue weighted by Gasteiger charge is 2.25. The van der Waals surface area contributed by atoms with Crippen molar-refractivity contribution in [3.63, 3.8) is 0 Å². The molecule has 0 aromatic carbocycles. The molecular formula is C18H25ClN6O. The Hall–Kier alpha value is -2.12. The maximum atomic E-state index is 5.92. The molecule has 1 aliphatic rings. The molecule has 0 saturated carbocycles. The lowest BCUT2D eigenvalue weighted by Crippen LogP contribution is -2.48. The number of aliphatic imine (C=N–C) groups is 1. The lowest BCUT2D eigenvalue weighted by molar-refractivity contribution is -0.00803. The number of morpholine rings is 1. The molecule has 0 bridgehead atoms.